The van der Waals surface area contributed by atoms with E-state index in [1.54, 1.807) is 24.3 Å². The second-order valence-corrected chi connectivity index (χ2v) is 7.31. The number of benzene rings is 1. The van der Waals surface area contributed by atoms with Crippen molar-refractivity contribution in [1.29, 1.82) is 0 Å². The van der Waals surface area contributed by atoms with Gasteiger partial charge in [0.25, 0.3) is 11.8 Å². The molecule has 3 aromatic rings. The van der Waals surface area contributed by atoms with Crippen LogP contribution in [0.3, 0.4) is 0 Å². The smallest absolute Gasteiger partial charge is 0.256 e. The molecule has 2 amide bonds. The van der Waals surface area contributed by atoms with Gasteiger partial charge in [0, 0.05) is 17.5 Å². The van der Waals surface area contributed by atoms with Crippen LogP contribution >= 0.6 is 0 Å². The first-order valence-electron chi connectivity index (χ1n) is 8.30. The molecule has 0 aliphatic carbocycles. The second kappa shape index (κ2) is 7.02. The van der Waals surface area contributed by atoms with Crippen molar-refractivity contribution >= 4 is 17.6 Å². The van der Waals surface area contributed by atoms with Gasteiger partial charge in [-0.15, -0.1) is 0 Å². The Morgan fingerprint density at radius 2 is 2.07 bits per heavy atom. The Morgan fingerprint density at radius 3 is 2.78 bits per heavy atom. The minimum atomic E-state index is -0.689. The quantitative estimate of drug-likeness (QED) is 0.632. The van der Waals surface area contributed by atoms with E-state index >= 15 is 0 Å². The number of hydrogen-bond donors (Lipinski definition) is 3. The van der Waals surface area contributed by atoms with Crippen LogP contribution in [0.5, 0.6) is 0 Å². The molecule has 0 bridgehead atoms. The highest BCUT2D eigenvalue weighted by molar-refractivity contribution is 6.08. The van der Waals surface area contributed by atoms with Crippen molar-refractivity contribution in [3.8, 4) is 11.4 Å². The van der Waals surface area contributed by atoms with Gasteiger partial charge in [0.2, 0.25) is 11.7 Å². The van der Waals surface area contributed by atoms with Gasteiger partial charge in [-0.05, 0) is 17.5 Å². The molecule has 2 aromatic heterocycles. The van der Waals surface area contributed by atoms with Gasteiger partial charge in [-0.2, -0.15) is 10.1 Å². The summed E-state index contributed by atoms with van der Waals surface area (Å²) in [7, 11) is 0. The summed E-state index contributed by atoms with van der Waals surface area (Å²) in [6.45, 7) is 6.24. The largest absolute Gasteiger partial charge is 0.365 e. The summed E-state index contributed by atoms with van der Waals surface area (Å²) in [5.74, 6) is -0.0305. The lowest BCUT2D eigenvalue weighted by Gasteiger charge is -2.13. The van der Waals surface area contributed by atoms with Crippen molar-refractivity contribution in [2.24, 2.45) is 11.1 Å². The molecule has 9 heteroatoms. The fourth-order valence-corrected chi connectivity index (χ4v) is 2.45. The van der Waals surface area contributed by atoms with E-state index in [1.165, 1.54) is 6.20 Å². The molecule has 0 aliphatic heterocycles. The third-order valence-electron chi connectivity index (χ3n) is 3.68. The number of anilines is 1. The zero-order valence-corrected chi connectivity index (χ0v) is 15.2. The van der Waals surface area contributed by atoms with Gasteiger partial charge < -0.3 is 15.6 Å². The minimum absolute atomic E-state index is 0.0216. The highest BCUT2D eigenvalue weighted by Crippen LogP contribution is 2.23. The molecule has 0 fully saturated rings. The topological polar surface area (TPSA) is 140 Å². The van der Waals surface area contributed by atoms with E-state index in [0.717, 1.165) is 0 Å². The first-order valence-corrected chi connectivity index (χ1v) is 8.30. The number of carbonyl (C=O) groups excluding carboxylic acids is 2. The van der Waals surface area contributed by atoms with Crippen LogP contribution in [-0.2, 0) is 6.42 Å². The molecule has 27 heavy (non-hydrogen) atoms. The average molecular weight is 368 g/mol. The number of nitrogens with two attached hydrogens (primary N) is 1. The Hall–Kier alpha value is -3.49. The Kier molecular flexibility index (Phi) is 4.76. The molecule has 1 aromatic carbocycles. The predicted molar refractivity (Wildman–Crippen MR) is 98.0 cm³/mol. The number of carbonyl (C=O) groups is 2. The van der Waals surface area contributed by atoms with E-state index in [0.29, 0.717) is 29.3 Å². The standard InChI is InChI=1S/C18H20N6O3/c1-18(2,3)8-13-21-15(24-27-13)10-5-4-6-11(7-10)17(26)22-16-12(14(19)25)9-20-23-16/h4-7,9H,8H2,1-3H3,(H2,19,25)(H2,20,22,23,26). The molecular formula is C18H20N6O3. The van der Waals surface area contributed by atoms with Crippen molar-refractivity contribution < 1.29 is 14.1 Å². The lowest BCUT2D eigenvalue weighted by atomic mass is 9.92. The minimum Gasteiger partial charge on any atom is -0.365 e. The number of hydrogen-bond acceptors (Lipinski definition) is 6. The normalized spacial score (nSPS) is 11.4. The summed E-state index contributed by atoms with van der Waals surface area (Å²) < 4.78 is 5.30. The molecule has 0 unspecified atom stereocenters. The van der Waals surface area contributed by atoms with Crippen LogP contribution in [0.4, 0.5) is 5.82 Å². The van der Waals surface area contributed by atoms with E-state index in [1.807, 2.05) is 0 Å². The van der Waals surface area contributed by atoms with Gasteiger partial charge in [0.15, 0.2) is 0 Å². The van der Waals surface area contributed by atoms with Crippen molar-refractivity contribution in [2.45, 2.75) is 27.2 Å². The van der Waals surface area contributed by atoms with Gasteiger partial charge in [-0.1, -0.05) is 38.1 Å². The fraction of sp³-hybridized carbons (Fsp3) is 0.278. The van der Waals surface area contributed by atoms with Crippen LogP contribution < -0.4 is 11.1 Å². The number of aromatic amines is 1. The molecule has 0 spiro atoms. The molecular weight excluding hydrogens is 348 g/mol. The van der Waals surface area contributed by atoms with Crippen molar-refractivity contribution in [1.82, 2.24) is 20.3 Å². The SMILES string of the molecule is CC(C)(C)Cc1nc(-c2cccc(C(=O)Nc3[nH]ncc3C(N)=O)c2)no1. The van der Waals surface area contributed by atoms with Gasteiger partial charge >= 0.3 is 0 Å². The predicted octanol–water partition coefficient (Wildman–Crippen LogP) is 2.40. The third-order valence-corrected chi connectivity index (χ3v) is 3.68. The van der Waals surface area contributed by atoms with E-state index < -0.39 is 11.8 Å². The van der Waals surface area contributed by atoms with Gasteiger partial charge in [0.05, 0.1) is 6.20 Å². The first-order chi connectivity index (χ1) is 12.7. The highest BCUT2D eigenvalue weighted by atomic mass is 16.5. The summed E-state index contributed by atoms with van der Waals surface area (Å²) in [5, 5.41) is 12.8. The number of amides is 2. The maximum Gasteiger partial charge on any atom is 0.256 e. The summed E-state index contributed by atoms with van der Waals surface area (Å²) >= 11 is 0. The van der Waals surface area contributed by atoms with Gasteiger partial charge in [-0.3, -0.25) is 14.7 Å². The van der Waals surface area contributed by atoms with Crippen molar-refractivity contribution in [2.75, 3.05) is 5.32 Å². The number of aromatic nitrogens is 4. The molecule has 2 heterocycles. The summed E-state index contributed by atoms with van der Waals surface area (Å²) in [6, 6.07) is 6.77. The van der Waals surface area contributed by atoms with E-state index in [-0.39, 0.29) is 16.8 Å². The van der Waals surface area contributed by atoms with E-state index in [2.05, 4.69) is 46.4 Å². The van der Waals surface area contributed by atoms with Crippen LogP contribution in [-0.4, -0.2) is 32.2 Å². The zero-order chi connectivity index (χ0) is 19.6. The molecule has 0 saturated heterocycles. The molecule has 0 saturated carbocycles. The van der Waals surface area contributed by atoms with Crippen LogP contribution in [0, 0.1) is 5.41 Å². The number of nitrogens with one attached hydrogen (secondary N) is 2. The maximum atomic E-state index is 12.5. The second-order valence-electron chi connectivity index (χ2n) is 7.31. The molecule has 3 rings (SSSR count). The molecule has 9 nitrogen and oxygen atoms in total. The molecule has 0 atom stereocenters. The van der Waals surface area contributed by atoms with E-state index in [9.17, 15) is 9.59 Å². The molecule has 0 aliphatic rings. The summed E-state index contributed by atoms with van der Waals surface area (Å²) in [6.07, 6.45) is 1.90. The Morgan fingerprint density at radius 1 is 1.30 bits per heavy atom. The number of H-pyrrole nitrogens is 1. The summed E-state index contributed by atoms with van der Waals surface area (Å²) in [4.78, 5) is 28.2. The Labute approximate surface area is 155 Å². The molecule has 0 radical (unpaired) electrons. The van der Waals surface area contributed by atoms with Crippen LogP contribution in [0.2, 0.25) is 0 Å². The summed E-state index contributed by atoms with van der Waals surface area (Å²) in [5.41, 5.74) is 6.37. The van der Waals surface area contributed by atoms with E-state index in [4.69, 9.17) is 10.3 Å². The highest BCUT2D eigenvalue weighted by Gasteiger charge is 2.18. The maximum absolute atomic E-state index is 12.5. The third kappa shape index (κ3) is 4.38. The molecule has 140 valence electrons. The number of rotatable bonds is 5. The first kappa shape index (κ1) is 18.3. The van der Waals surface area contributed by atoms with Crippen molar-refractivity contribution in [3.05, 3.63) is 47.5 Å². The van der Waals surface area contributed by atoms with Gasteiger partial charge in [0.1, 0.15) is 11.4 Å². The fourth-order valence-electron chi connectivity index (χ4n) is 2.45. The van der Waals surface area contributed by atoms with Crippen LogP contribution in [0.15, 0.2) is 35.0 Å². The lowest BCUT2D eigenvalue weighted by Crippen LogP contribution is -2.17. The lowest BCUT2D eigenvalue weighted by molar-refractivity contribution is 0.100. The van der Waals surface area contributed by atoms with Crippen LogP contribution in [0.25, 0.3) is 11.4 Å². The average Bonchev–Trinajstić information content (AvgIpc) is 3.23. The number of primary amides is 1. The number of nitrogens with zero attached hydrogens (tertiary/aromatic N) is 3. The Bertz CT molecular complexity index is 983. The van der Waals surface area contributed by atoms with Crippen LogP contribution in [0.1, 0.15) is 47.4 Å². The monoisotopic (exact) mass is 368 g/mol. The van der Waals surface area contributed by atoms with Gasteiger partial charge in [-0.25, -0.2) is 0 Å². The molecule has 4 N–H and O–H groups in total. The van der Waals surface area contributed by atoms with Crippen molar-refractivity contribution in [3.63, 3.8) is 0 Å². The zero-order valence-electron chi connectivity index (χ0n) is 15.2. The Balaban J connectivity index is 1.80.